The normalized spacial score (nSPS) is 9.86. The van der Waals surface area contributed by atoms with E-state index in [1.807, 2.05) is 31.2 Å². The first-order valence-electron chi connectivity index (χ1n) is 4.39. The van der Waals surface area contributed by atoms with Gasteiger partial charge in [0.15, 0.2) is 0 Å². The highest BCUT2D eigenvalue weighted by molar-refractivity contribution is 8.13. The number of carbonyl (C=O) groups excluding carboxylic acids is 1. The van der Waals surface area contributed by atoms with E-state index in [1.165, 1.54) is 24.2 Å². The summed E-state index contributed by atoms with van der Waals surface area (Å²) < 4.78 is 0. The van der Waals surface area contributed by atoms with Crippen LogP contribution in [-0.4, -0.2) is 10.8 Å². The van der Waals surface area contributed by atoms with Gasteiger partial charge in [-0.3, -0.25) is 10.2 Å². The van der Waals surface area contributed by atoms with Gasteiger partial charge in [0.2, 0.25) is 0 Å². The van der Waals surface area contributed by atoms with Crippen molar-refractivity contribution in [2.45, 2.75) is 25.2 Å². The number of benzene rings is 1. The standard InChI is InChI=1S/C11H13NOS/c1-8-3-5-10(6-4-8)14-11(12)7-9(2)13/h3-6,12H,7H2,1-2H3. The number of rotatable bonds is 3. The number of hydrogen-bond acceptors (Lipinski definition) is 3. The van der Waals surface area contributed by atoms with Crippen LogP contribution in [0.3, 0.4) is 0 Å². The van der Waals surface area contributed by atoms with E-state index < -0.39 is 0 Å². The molecule has 0 aromatic heterocycles. The Hall–Kier alpha value is -1.09. The van der Waals surface area contributed by atoms with Crippen LogP contribution in [0.25, 0.3) is 0 Å². The third-order valence-corrected chi connectivity index (χ3v) is 2.57. The number of carbonyl (C=O) groups is 1. The molecule has 3 heteroatoms. The van der Waals surface area contributed by atoms with E-state index in [-0.39, 0.29) is 12.2 Å². The molecular weight excluding hydrogens is 194 g/mol. The Kier molecular flexibility index (Phi) is 3.89. The predicted molar refractivity (Wildman–Crippen MR) is 60.1 cm³/mol. The first-order chi connectivity index (χ1) is 6.58. The van der Waals surface area contributed by atoms with Crippen molar-refractivity contribution in [3.05, 3.63) is 29.8 Å². The Morgan fingerprint density at radius 3 is 2.43 bits per heavy atom. The minimum absolute atomic E-state index is 0.0367. The molecule has 14 heavy (non-hydrogen) atoms. The van der Waals surface area contributed by atoms with Crippen LogP contribution in [0.1, 0.15) is 18.9 Å². The van der Waals surface area contributed by atoms with E-state index in [1.54, 1.807) is 0 Å². The summed E-state index contributed by atoms with van der Waals surface area (Å²) in [4.78, 5) is 11.8. The van der Waals surface area contributed by atoms with Crippen LogP contribution in [0.4, 0.5) is 0 Å². The Morgan fingerprint density at radius 2 is 1.93 bits per heavy atom. The minimum atomic E-state index is 0.0367. The first kappa shape index (κ1) is 11.0. The van der Waals surface area contributed by atoms with Gasteiger partial charge in [0.05, 0.1) is 11.5 Å². The Bertz CT molecular complexity index is 343. The monoisotopic (exact) mass is 207 g/mol. The van der Waals surface area contributed by atoms with Crippen molar-refractivity contribution in [2.24, 2.45) is 0 Å². The lowest BCUT2D eigenvalue weighted by molar-refractivity contribution is -0.115. The summed E-state index contributed by atoms with van der Waals surface area (Å²) in [5, 5.41) is 7.96. The van der Waals surface area contributed by atoms with Gasteiger partial charge in [-0.15, -0.1) is 0 Å². The van der Waals surface area contributed by atoms with Crippen LogP contribution >= 0.6 is 11.8 Å². The van der Waals surface area contributed by atoms with Gasteiger partial charge in [-0.2, -0.15) is 0 Å². The molecule has 2 nitrogen and oxygen atoms in total. The summed E-state index contributed by atoms with van der Waals surface area (Å²) in [5.74, 6) is 0.0367. The van der Waals surface area contributed by atoms with Gasteiger partial charge in [-0.05, 0) is 26.0 Å². The average Bonchev–Trinajstić information content (AvgIpc) is 2.07. The number of nitrogens with one attached hydrogen (secondary N) is 1. The van der Waals surface area contributed by atoms with Crippen LogP contribution in [0.15, 0.2) is 29.2 Å². The summed E-state index contributed by atoms with van der Waals surface area (Å²) in [6.07, 6.45) is 0.235. The zero-order chi connectivity index (χ0) is 10.6. The zero-order valence-corrected chi connectivity index (χ0v) is 9.15. The molecular formula is C11H13NOS. The number of aryl methyl sites for hydroxylation is 1. The molecule has 0 unspecified atom stereocenters. The molecule has 0 saturated heterocycles. The SMILES string of the molecule is CC(=O)CC(=N)Sc1ccc(C)cc1. The van der Waals surface area contributed by atoms with Crippen molar-refractivity contribution in [2.75, 3.05) is 0 Å². The zero-order valence-electron chi connectivity index (χ0n) is 8.33. The van der Waals surface area contributed by atoms with Gasteiger partial charge in [-0.25, -0.2) is 0 Å². The predicted octanol–water partition coefficient (Wildman–Crippen LogP) is 3.04. The maximum Gasteiger partial charge on any atom is 0.136 e. The lowest BCUT2D eigenvalue weighted by Gasteiger charge is -2.01. The maximum atomic E-state index is 10.7. The first-order valence-corrected chi connectivity index (χ1v) is 5.21. The topological polar surface area (TPSA) is 40.9 Å². The highest BCUT2D eigenvalue weighted by Gasteiger charge is 2.03. The van der Waals surface area contributed by atoms with E-state index in [4.69, 9.17) is 5.41 Å². The van der Waals surface area contributed by atoms with E-state index in [0.717, 1.165) is 4.90 Å². The van der Waals surface area contributed by atoms with Crippen LogP contribution in [0.2, 0.25) is 0 Å². The molecule has 74 valence electrons. The van der Waals surface area contributed by atoms with Crippen molar-refractivity contribution in [3.63, 3.8) is 0 Å². The second kappa shape index (κ2) is 4.96. The van der Waals surface area contributed by atoms with Crippen LogP contribution in [-0.2, 0) is 4.79 Å². The Balaban J connectivity index is 2.56. The van der Waals surface area contributed by atoms with Crippen LogP contribution in [0.5, 0.6) is 0 Å². The lowest BCUT2D eigenvalue weighted by atomic mass is 10.2. The van der Waals surface area contributed by atoms with Gasteiger partial charge in [0, 0.05) is 4.90 Å². The van der Waals surface area contributed by atoms with Gasteiger partial charge in [-0.1, -0.05) is 29.5 Å². The molecule has 0 heterocycles. The summed E-state index contributed by atoms with van der Waals surface area (Å²) in [5.41, 5.74) is 1.20. The van der Waals surface area contributed by atoms with Gasteiger partial charge >= 0.3 is 0 Å². The molecule has 0 fully saturated rings. The minimum Gasteiger partial charge on any atom is -0.300 e. The third kappa shape index (κ3) is 3.75. The quantitative estimate of drug-likeness (QED) is 0.470. The summed E-state index contributed by atoms with van der Waals surface area (Å²) in [6.45, 7) is 3.53. The fourth-order valence-corrected chi connectivity index (χ4v) is 1.84. The van der Waals surface area contributed by atoms with Crippen molar-refractivity contribution >= 4 is 22.6 Å². The molecule has 0 aliphatic rings. The summed E-state index contributed by atoms with van der Waals surface area (Å²) in [6, 6.07) is 7.94. The average molecular weight is 207 g/mol. The van der Waals surface area contributed by atoms with Crippen LogP contribution < -0.4 is 0 Å². The Morgan fingerprint density at radius 1 is 1.36 bits per heavy atom. The molecule has 0 bridgehead atoms. The molecule has 0 aliphatic carbocycles. The van der Waals surface area contributed by atoms with Crippen molar-refractivity contribution in [1.29, 1.82) is 5.41 Å². The van der Waals surface area contributed by atoms with Crippen LogP contribution in [0, 0.1) is 12.3 Å². The molecule has 0 radical (unpaired) electrons. The number of thioether (sulfide) groups is 1. The van der Waals surface area contributed by atoms with Gasteiger partial charge in [0.25, 0.3) is 0 Å². The van der Waals surface area contributed by atoms with E-state index in [2.05, 4.69) is 0 Å². The van der Waals surface area contributed by atoms with E-state index in [9.17, 15) is 4.79 Å². The molecule has 1 N–H and O–H groups in total. The van der Waals surface area contributed by atoms with Gasteiger partial charge in [0.1, 0.15) is 5.78 Å². The molecule has 1 aromatic carbocycles. The van der Waals surface area contributed by atoms with Crippen molar-refractivity contribution in [1.82, 2.24) is 0 Å². The maximum absolute atomic E-state index is 10.7. The van der Waals surface area contributed by atoms with E-state index >= 15 is 0 Å². The summed E-state index contributed by atoms with van der Waals surface area (Å²) in [7, 11) is 0. The third-order valence-electron chi connectivity index (χ3n) is 1.67. The van der Waals surface area contributed by atoms with E-state index in [0.29, 0.717) is 5.04 Å². The van der Waals surface area contributed by atoms with Crippen molar-refractivity contribution in [3.8, 4) is 0 Å². The second-order valence-corrected chi connectivity index (χ2v) is 4.39. The van der Waals surface area contributed by atoms with Crippen molar-refractivity contribution < 1.29 is 4.79 Å². The number of hydrogen-bond donors (Lipinski definition) is 1. The molecule has 0 atom stereocenters. The highest BCUT2D eigenvalue weighted by atomic mass is 32.2. The largest absolute Gasteiger partial charge is 0.300 e. The fourth-order valence-electron chi connectivity index (χ4n) is 1.01. The highest BCUT2D eigenvalue weighted by Crippen LogP contribution is 2.20. The second-order valence-electron chi connectivity index (χ2n) is 3.22. The number of ketones is 1. The molecule has 0 saturated carbocycles. The smallest absolute Gasteiger partial charge is 0.136 e. The van der Waals surface area contributed by atoms with Gasteiger partial charge < -0.3 is 0 Å². The fraction of sp³-hybridized carbons (Fsp3) is 0.273. The molecule has 1 aromatic rings. The molecule has 0 aliphatic heterocycles. The molecule has 1 rings (SSSR count). The molecule has 0 amide bonds. The Labute approximate surface area is 88.2 Å². The number of Topliss-reactive ketones (excluding diaryl/α,β-unsaturated/α-hetero) is 1. The summed E-state index contributed by atoms with van der Waals surface area (Å²) >= 11 is 1.34. The molecule has 0 spiro atoms. The lowest BCUT2D eigenvalue weighted by Crippen LogP contribution is -1.98.